The molecule has 0 aliphatic carbocycles. The lowest BCUT2D eigenvalue weighted by Crippen LogP contribution is -2.53. The van der Waals surface area contributed by atoms with Crippen LogP contribution in [0.5, 0.6) is 0 Å². The summed E-state index contributed by atoms with van der Waals surface area (Å²) < 4.78 is 29.0. The number of nitrogens with zero attached hydrogens (tertiary/aromatic N) is 2. The first-order chi connectivity index (χ1) is 19.0. The average Bonchev–Trinajstić information content (AvgIpc) is 2.92. The number of nitrogens with one attached hydrogen (secondary N) is 1. The molecule has 7 nitrogen and oxygen atoms in total. The van der Waals surface area contributed by atoms with Crippen LogP contribution in [0.15, 0.2) is 77.7 Å². The summed E-state index contributed by atoms with van der Waals surface area (Å²) in [6.45, 7) is 11.3. The van der Waals surface area contributed by atoms with E-state index in [0.717, 1.165) is 33.0 Å². The molecular formula is C32H41N3O4S. The molecule has 2 atom stereocenters. The molecule has 0 aliphatic rings. The quantitative estimate of drug-likeness (QED) is 0.314. The Hall–Kier alpha value is -3.65. The van der Waals surface area contributed by atoms with Crippen LogP contribution in [0.4, 0.5) is 5.69 Å². The minimum atomic E-state index is -4.08. The largest absolute Gasteiger partial charge is 0.352 e. The molecule has 0 radical (unpaired) electrons. The zero-order valence-electron chi connectivity index (χ0n) is 24.3. The third kappa shape index (κ3) is 7.72. The van der Waals surface area contributed by atoms with Gasteiger partial charge in [0.05, 0.1) is 10.6 Å². The highest BCUT2D eigenvalue weighted by Crippen LogP contribution is 2.25. The number of benzene rings is 3. The van der Waals surface area contributed by atoms with Crippen LogP contribution in [0.1, 0.15) is 55.9 Å². The molecule has 214 valence electrons. The molecule has 8 heteroatoms. The zero-order valence-corrected chi connectivity index (χ0v) is 25.2. The van der Waals surface area contributed by atoms with Gasteiger partial charge in [0.25, 0.3) is 10.0 Å². The number of anilines is 1. The van der Waals surface area contributed by atoms with Crippen LogP contribution in [-0.2, 0) is 26.2 Å². The number of aryl methyl sites for hydroxylation is 3. The number of rotatable bonds is 12. The van der Waals surface area contributed by atoms with Gasteiger partial charge in [-0.1, -0.05) is 79.1 Å². The monoisotopic (exact) mass is 563 g/mol. The van der Waals surface area contributed by atoms with E-state index in [1.165, 1.54) is 4.90 Å². The Morgan fingerprint density at radius 3 is 1.98 bits per heavy atom. The normalized spacial score (nSPS) is 12.8. The lowest BCUT2D eigenvalue weighted by molar-refractivity contribution is -0.140. The second-order valence-corrected chi connectivity index (χ2v) is 12.3. The molecule has 0 saturated heterocycles. The summed E-state index contributed by atoms with van der Waals surface area (Å²) in [5, 5.41) is 3.00. The van der Waals surface area contributed by atoms with Crippen molar-refractivity contribution in [1.82, 2.24) is 10.2 Å². The van der Waals surface area contributed by atoms with Crippen molar-refractivity contribution in [1.29, 1.82) is 0 Å². The molecule has 0 saturated carbocycles. The molecule has 0 aromatic heterocycles. The zero-order chi connectivity index (χ0) is 29.4. The Bertz CT molecular complexity index is 1400. The van der Waals surface area contributed by atoms with Gasteiger partial charge < -0.3 is 10.2 Å². The van der Waals surface area contributed by atoms with E-state index in [9.17, 15) is 18.0 Å². The molecule has 2 amide bonds. The molecule has 1 N–H and O–H groups in total. The SMILES string of the molecule is CC[C@@H](C)NC(=O)[C@@H](CC)N(Cc1cccc(C)c1)C(=O)CN(c1ccc(C)cc1)S(=O)(=O)c1ccc(C)cc1. The molecule has 0 fully saturated rings. The second-order valence-electron chi connectivity index (χ2n) is 10.4. The highest BCUT2D eigenvalue weighted by atomic mass is 32.2. The minimum Gasteiger partial charge on any atom is -0.352 e. The van der Waals surface area contributed by atoms with Crippen molar-refractivity contribution in [3.8, 4) is 0 Å². The van der Waals surface area contributed by atoms with E-state index >= 15 is 0 Å². The molecule has 0 spiro atoms. The number of sulfonamides is 1. The Morgan fingerprint density at radius 2 is 1.43 bits per heavy atom. The molecule has 3 rings (SSSR count). The van der Waals surface area contributed by atoms with Crippen molar-refractivity contribution in [3.63, 3.8) is 0 Å². The highest BCUT2D eigenvalue weighted by molar-refractivity contribution is 7.92. The van der Waals surface area contributed by atoms with Gasteiger partial charge in [-0.05, 0) is 70.4 Å². The van der Waals surface area contributed by atoms with Gasteiger partial charge in [0.15, 0.2) is 0 Å². The maximum atomic E-state index is 14.1. The third-order valence-corrected chi connectivity index (χ3v) is 8.82. The maximum Gasteiger partial charge on any atom is 0.264 e. The fourth-order valence-electron chi connectivity index (χ4n) is 4.45. The Labute approximate surface area is 239 Å². The number of amides is 2. The first-order valence-corrected chi connectivity index (χ1v) is 15.2. The van der Waals surface area contributed by atoms with Crippen molar-refractivity contribution in [2.75, 3.05) is 10.8 Å². The van der Waals surface area contributed by atoms with E-state index in [1.807, 2.05) is 77.9 Å². The summed E-state index contributed by atoms with van der Waals surface area (Å²) in [7, 11) is -4.08. The van der Waals surface area contributed by atoms with Crippen LogP contribution in [0.3, 0.4) is 0 Å². The van der Waals surface area contributed by atoms with Crippen LogP contribution in [0, 0.1) is 20.8 Å². The first kappa shape index (κ1) is 30.9. The van der Waals surface area contributed by atoms with Gasteiger partial charge in [-0.25, -0.2) is 8.42 Å². The van der Waals surface area contributed by atoms with Crippen LogP contribution in [0.2, 0.25) is 0 Å². The third-order valence-electron chi connectivity index (χ3n) is 7.03. The summed E-state index contributed by atoms with van der Waals surface area (Å²) >= 11 is 0. The van der Waals surface area contributed by atoms with Crippen LogP contribution in [0.25, 0.3) is 0 Å². The summed E-state index contributed by atoms with van der Waals surface area (Å²) in [4.78, 5) is 29.1. The standard InChI is InChI=1S/C32H41N3O4S/c1-7-26(6)33-32(37)30(8-2)34(21-27-11-9-10-25(5)20-27)31(36)22-35(28-16-12-23(3)13-17-28)40(38,39)29-18-14-24(4)15-19-29/h9-20,26,30H,7-8,21-22H2,1-6H3,(H,33,37)/t26-,30-/m1/s1. The maximum absolute atomic E-state index is 14.1. The average molecular weight is 564 g/mol. The van der Waals surface area contributed by atoms with E-state index in [4.69, 9.17) is 0 Å². The summed E-state index contributed by atoms with van der Waals surface area (Å²) in [6, 6.07) is 20.6. The van der Waals surface area contributed by atoms with E-state index in [-0.39, 0.29) is 23.4 Å². The van der Waals surface area contributed by atoms with E-state index in [1.54, 1.807) is 36.4 Å². The van der Waals surface area contributed by atoms with Crippen LogP contribution in [-0.4, -0.2) is 43.8 Å². The molecule has 3 aromatic carbocycles. The highest BCUT2D eigenvalue weighted by Gasteiger charge is 2.34. The van der Waals surface area contributed by atoms with Gasteiger partial charge in [-0.3, -0.25) is 13.9 Å². The van der Waals surface area contributed by atoms with Gasteiger partial charge in [0.2, 0.25) is 11.8 Å². The summed E-state index contributed by atoms with van der Waals surface area (Å²) in [5.41, 5.74) is 4.18. The van der Waals surface area contributed by atoms with Crippen molar-refractivity contribution in [2.45, 2.75) is 77.9 Å². The van der Waals surface area contributed by atoms with E-state index in [0.29, 0.717) is 12.1 Å². The molecule has 0 unspecified atom stereocenters. The van der Waals surface area contributed by atoms with Gasteiger partial charge in [0.1, 0.15) is 12.6 Å². The number of carbonyl (C=O) groups excluding carboxylic acids is 2. The van der Waals surface area contributed by atoms with E-state index < -0.39 is 28.5 Å². The van der Waals surface area contributed by atoms with Gasteiger partial charge in [-0.2, -0.15) is 0 Å². The fraction of sp³-hybridized carbons (Fsp3) is 0.375. The minimum absolute atomic E-state index is 0.0524. The predicted molar refractivity (Wildman–Crippen MR) is 161 cm³/mol. The van der Waals surface area contributed by atoms with Gasteiger partial charge in [0, 0.05) is 12.6 Å². The molecule has 3 aromatic rings. The Balaban J connectivity index is 2.05. The molecular weight excluding hydrogens is 522 g/mol. The first-order valence-electron chi connectivity index (χ1n) is 13.8. The number of hydrogen-bond donors (Lipinski definition) is 1. The lowest BCUT2D eigenvalue weighted by Gasteiger charge is -2.33. The van der Waals surface area contributed by atoms with Crippen molar-refractivity contribution < 1.29 is 18.0 Å². The predicted octanol–water partition coefficient (Wildman–Crippen LogP) is 5.53. The van der Waals surface area contributed by atoms with Crippen molar-refractivity contribution in [2.24, 2.45) is 0 Å². The fourth-order valence-corrected chi connectivity index (χ4v) is 5.86. The summed E-state index contributed by atoms with van der Waals surface area (Å²) in [6.07, 6.45) is 1.14. The van der Waals surface area contributed by atoms with E-state index in [2.05, 4.69) is 5.32 Å². The van der Waals surface area contributed by atoms with Crippen LogP contribution >= 0.6 is 0 Å². The lowest BCUT2D eigenvalue weighted by atomic mass is 10.1. The summed E-state index contributed by atoms with van der Waals surface area (Å²) in [5.74, 6) is -0.704. The number of carbonyl (C=O) groups is 2. The Morgan fingerprint density at radius 1 is 0.825 bits per heavy atom. The van der Waals surface area contributed by atoms with Gasteiger partial charge in [-0.15, -0.1) is 0 Å². The molecule has 0 bridgehead atoms. The van der Waals surface area contributed by atoms with Crippen LogP contribution < -0.4 is 9.62 Å². The van der Waals surface area contributed by atoms with Gasteiger partial charge >= 0.3 is 0 Å². The number of hydrogen-bond acceptors (Lipinski definition) is 4. The van der Waals surface area contributed by atoms with Crippen molar-refractivity contribution in [3.05, 3.63) is 95.1 Å². The smallest absolute Gasteiger partial charge is 0.264 e. The molecule has 40 heavy (non-hydrogen) atoms. The topological polar surface area (TPSA) is 86.8 Å². The molecule has 0 aliphatic heterocycles. The second kappa shape index (κ2) is 13.6. The Kier molecular flexibility index (Phi) is 10.5. The molecule has 0 heterocycles. The van der Waals surface area contributed by atoms with Crippen molar-refractivity contribution >= 4 is 27.5 Å².